The number of allylic oxidation sites excluding steroid dienone is 1. The molecule has 0 aliphatic heterocycles. The smallest absolute Gasteiger partial charge is 0.337 e. The molecule has 0 bridgehead atoms. The van der Waals surface area contributed by atoms with Crippen LogP contribution in [0.2, 0.25) is 0 Å². The van der Waals surface area contributed by atoms with E-state index in [1.165, 1.54) is 11.9 Å². The molecule has 0 unspecified atom stereocenters. The Hall–Kier alpha value is -2.96. The van der Waals surface area contributed by atoms with Crippen LogP contribution in [0, 0.1) is 0 Å². The third-order valence-corrected chi connectivity index (χ3v) is 3.06. The summed E-state index contributed by atoms with van der Waals surface area (Å²) in [6.07, 6.45) is 3.53. The average Bonchev–Trinajstić information content (AvgIpc) is 3.12. The van der Waals surface area contributed by atoms with Gasteiger partial charge in [-0.15, -0.1) is 11.7 Å². The van der Waals surface area contributed by atoms with Crippen LogP contribution in [0.5, 0.6) is 0 Å². The number of benzene rings is 1. The Bertz CT molecular complexity index is 818. The highest BCUT2D eigenvalue weighted by molar-refractivity contribution is 5.95. The molecule has 7 nitrogen and oxygen atoms in total. The molecule has 0 atom stereocenters. The lowest BCUT2D eigenvalue weighted by Gasteiger charge is -2.01. The number of rotatable bonds is 4. The molecule has 0 aliphatic rings. The lowest BCUT2D eigenvalue weighted by atomic mass is 10.1. The van der Waals surface area contributed by atoms with Crippen LogP contribution in [-0.4, -0.2) is 37.9 Å². The molecule has 2 heterocycles. The first-order valence-corrected chi connectivity index (χ1v) is 6.31. The predicted molar refractivity (Wildman–Crippen MR) is 76.2 cm³/mol. The van der Waals surface area contributed by atoms with Gasteiger partial charge >= 0.3 is 5.97 Å². The van der Waals surface area contributed by atoms with Crippen LogP contribution in [0.15, 0.2) is 43.1 Å². The zero-order chi connectivity index (χ0) is 14.8. The third-order valence-electron chi connectivity index (χ3n) is 3.06. The lowest BCUT2D eigenvalue weighted by Crippen LogP contribution is -2.02. The van der Waals surface area contributed by atoms with Gasteiger partial charge in [0.05, 0.1) is 24.7 Å². The van der Waals surface area contributed by atoms with Crippen molar-refractivity contribution in [3.63, 3.8) is 0 Å². The van der Waals surface area contributed by atoms with Crippen LogP contribution in [0.3, 0.4) is 0 Å². The number of carbonyl (C=O) groups excluding carboxylic acids is 1. The normalized spacial score (nSPS) is 10.7. The van der Waals surface area contributed by atoms with E-state index >= 15 is 0 Å². The highest BCUT2D eigenvalue weighted by atomic mass is 16.5. The van der Waals surface area contributed by atoms with Gasteiger partial charge in [-0.1, -0.05) is 11.2 Å². The number of nitrogens with zero attached hydrogens (tertiary/aromatic N) is 5. The van der Waals surface area contributed by atoms with Gasteiger partial charge < -0.3 is 4.74 Å². The van der Waals surface area contributed by atoms with Crippen molar-refractivity contribution in [2.75, 3.05) is 7.11 Å². The maximum Gasteiger partial charge on any atom is 0.337 e. The molecular formula is C14H13N5O2. The summed E-state index contributed by atoms with van der Waals surface area (Å²) in [5.41, 5.74) is 1.40. The zero-order valence-electron chi connectivity index (χ0n) is 11.4. The molecule has 0 saturated carbocycles. The molecule has 3 aromatic rings. The Morgan fingerprint density at radius 1 is 1.43 bits per heavy atom. The first-order chi connectivity index (χ1) is 10.2. The van der Waals surface area contributed by atoms with Crippen molar-refractivity contribution in [3.8, 4) is 5.95 Å². The van der Waals surface area contributed by atoms with Crippen LogP contribution < -0.4 is 0 Å². The van der Waals surface area contributed by atoms with Gasteiger partial charge in [0, 0.05) is 11.6 Å². The van der Waals surface area contributed by atoms with Gasteiger partial charge in [0.15, 0.2) is 0 Å². The molecular weight excluding hydrogens is 270 g/mol. The van der Waals surface area contributed by atoms with Crippen molar-refractivity contribution in [2.24, 2.45) is 0 Å². The molecule has 0 saturated heterocycles. The summed E-state index contributed by atoms with van der Waals surface area (Å²) >= 11 is 0. The molecule has 7 heteroatoms. The Labute approximate surface area is 120 Å². The van der Waals surface area contributed by atoms with Crippen LogP contribution in [0.1, 0.15) is 10.4 Å². The summed E-state index contributed by atoms with van der Waals surface area (Å²) in [5.74, 6) is 0.109. The van der Waals surface area contributed by atoms with Crippen molar-refractivity contribution in [1.82, 2.24) is 24.8 Å². The molecule has 0 radical (unpaired) electrons. The van der Waals surface area contributed by atoms with E-state index in [0.717, 1.165) is 10.9 Å². The maximum absolute atomic E-state index is 11.5. The standard InChI is InChI=1S/C14H13N5O2/c1-3-7-19-16-14(15-17-19)18-8-6-10-9-11(13(20)21-2)4-5-12(10)18/h3-6,8-9H,1,7H2,2H3. The van der Waals surface area contributed by atoms with Gasteiger partial charge in [-0.2, -0.15) is 4.80 Å². The van der Waals surface area contributed by atoms with Gasteiger partial charge in [-0.25, -0.2) is 4.79 Å². The van der Waals surface area contributed by atoms with Gasteiger partial charge in [-0.3, -0.25) is 4.57 Å². The quantitative estimate of drug-likeness (QED) is 0.537. The molecule has 0 fully saturated rings. The minimum atomic E-state index is -0.361. The van der Waals surface area contributed by atoms with E-state index in [0.29, 0.717) is 18.1 Å². The SMILES string of the molecule is C=CCn1nnc(-n2ccc3cc(C(=O)OC)ccc32)n1. The minimum Gasteiger partial charge on any atom is -0.465 e. The Kier molecular flexibility index (Phi) is 3.23. The fourth-order valence-electron chi connectivity index (χ4n) is 2.09. The molecule has 0 amide bonds. The predicted octanol–water partition coefficient (Wildman–Crippen LogP) is 1.59. The number of hydrogen-bond acceptors (Lipinski definition) is 5. The largest absolute Gasteiger partial charge is 0.465 e. The Balaban J connectivity index is 2.03. The van der Waals surface area contributed by atoms with E-state index in [-0.39, 0.29) is 5.97 Å². The topological polar surface area (TPSA) is 74.8 Å². The summed E-state index contributed by atoms with van der Waals surface area (Å²) in [6.45, 7) is 4.13. The fourth-order valence-corrected chi connectivity index (χ4v) is 2.09. The molecule has 0 aliphatic carbocycles. The fraction of sp³-hybridized carbons (Fsp3) is 0.143. The number of fused-ring (bicyclic) bond motifs is 1. The van der Waals surface area contributed by atoms with Crippen LogP contribution in [0.4, 0.5) is 0 Å². The molecule has 0 spiro atoms. The van der Waals surface area contributed by atoms with Crippen molar-refractivity contribution < 1.29 is 9.53 Å². The summed E-state index contributed by atoms with van der Waals surface area (Å²) in [5, 5.41) is 13.1. The highest BCUT2D eigenvalue weighted by Gasteiger charge is 2.11. The Morgan fingerprint density at radius 3 is 3.05 bits per heavy atom. The molecule has 0 N–H and O–H groups in total. The molecule has 21 heavy (non-hydrogen) atoms. The second kappa shape index (κ2) is 5.20. The van der Waals surface area contributed by atoms with E-state index in [2.05, 4.69) is 22.0 Å². The molecule has 106 valence electrons. The van der Waals surface area contributed by atoms with Crippen LogP contribution in [0.25, 0.3) is 16.9 Å². The lowest BCUT2D eigenvalue weighted by molar-refractivity contribution is 0.0601. The first-order valence-electron chi connectivity index (χ1n) is 6.31. The number of hydrogen-bond donors (Lipinski definition) is 0. The summed E-state index contributed by atoms with van der Waals surface area (Å²) < 4.78 is 6.52. The van der Waals surface area contributed by atoms with E-state index in [4.69, 9.17) is 4.74 Å². The molecule has 2 aromatic heterocycles. The monoisotopic (exact) mass is 283 g/mol. The number of esters is 1. The summed E-state index contributed by atoms with van der Waals surface area (Å²) in [6, 6.07) is 7.19. The van der Waals surface area contributed by atoms with Crippen molar-refractivity contribution in [2.45, 2.75) is 6.54 Å². The van der Waals surface area contributed by atoms with E-state index in [9.17, 15) is 4.79 Å². The van der Waals surface area contributed by atoms with Gasteiger partial charge in [0.2, 0.25) is 0 Å². The summed E-state index contributed by atoms with van der Waals surface area (Å²) in [4.78, 5) is 13.0. The maximum atomic E-state index is 11.5. The summed E-state index contributed by atoms with van der Waals surface area (Å²) in [7, 11) is 1.36. The molecule has 3 rings (SSSR count). The van der Waals surface area contributed by atoms with Gasteiger partial charge in [0.1, 0.15) is 0 Å². The van der Waals surface area contributed by atoms with E-state index < -0.39 is 0 Å². The van der Waals surface area contributed by atoms with Crippen LogP contribution >= 0.6 is 0 Å². The van der Waals surface area contributed by atoms with Crippen molar-refractivity contribution >= 4 is 16.9 Å². The van der Waals surface area contributed by atoms with Crippen LogP contribution in [-0.2, 0) is 11.3 Å². The number of methoxy groups -OCH3 is 1. The number of ether oxygens (including phenoxy) is 1. The number of aromatic nitrogens is 5. The highest BCUT2D eigenvalue weighted by Crippen LogP contribution is 2.20. The zero-order valence-corrected chi connectivity index (χ0v) is 11.4. The first kappa shape index (κ1) is 13.0. The number of tetrazole rings is 1. The second-order valence-corrected chi connectivity index (χ2v) is 4.38. The van der Waals surface area contributed by atoms with Gasteiger partial charge in [-0.05, 0) is 29.5 Å². The minimum absolute atomic E-state index is 0.361. The third kappa shape index (κ3) is 2.29. The second-order valence-electron chi connectivity index (χ2n) is 4.38. The van der Waals surface area contributed by atoms with Crippen molar-refractivity contribution in [3.05, 3.63) is 48.7 Å². The average molecular weight is 283 g/mol. The van der Waals surface area contributed by atoms with E-state index in [1.807, 2.05) is 22.9 Å². The number of carbonyl (C=O) groups is 1. The van der Waals surface area contributed by atoms with Crippen molar-refractivity contribution in [1.29, 1.82) is 0 Å². The Morgan fingerprint density at radius 2 is 2.29 bits per heavy atom. The van der Waals surface area contributed by atoms with E-state index in [1.54, 1.807) is 18.2 Å². The molecule has 1 aromatic carbocycles. The van der Waals surface area contributed by atoms with Gasteiger partial charge in [0.25, 0.3) is 5.95 Å².